The standard InChI is InChI=1S/C10H8N2O5/c1-2-16-10(13)7(6-11)5-8-3-4-9(17-8)12(14)15/h3-5H,2H2,1H3. The summed E-state index contributed by atoms with van der Waals surface area (Å²) in [4.78, 5) is 20.9. The van der Waals surface area contributed by atoms with E-state index in [1.807, 2.05) is 0 Å². The lowest BCUT2D eigenvalue weighted by molar-refractivity contribution is -0.402. The van der Waals surface area contributed by atoms with Crippen molar-refractivity contribution in [3.05, 3.63) is 33.6 Å². The zero-order valence-electron chi connectivity index (χ0n) is 8.87. The summed E-state index contributed by atoms with van der Waals surface area (Å²) in [6.07, 6.45) is 1.09. The predicted octanol–water partition coefficient (Wildman–Crippen LogP) is 1.66. The monoisotopic (exact) mass is 236 g/mol. The highest BCUT2D eigenvalue weighted by Gasteiger charge is 2.14. The normalized spacial score (nSPS) is 10.7. The lowest BCUT2D eigenvalue weighted by Crippen LogP contribution is -2.05. The van der Waals surface area contributed by atoms with Crippen LogP contribution in [0.3, 0.4) is 0 Å². The van der Waals surface area contributed by atoms with E-state index in [0.717, 1.165) is 12.1 Å². The van der Waals surface area contributed by atoms with E-state index in [1.54, 1.807) is 13.0 Å². The molecule has 1 aromatic heterocycles. The zero-order valence-corrected chi connectivity index (χ0v) is 8.87. The fraction of sp³-hybridized carbons (Fsp3) is 0.200. The molecule has 7 nitrogen and oxygen atoms in total. The van der Waals surface area contributed by atoms with Crippen LogP contribution in [0.1, 0.15) is 12.7 Å². The first kappa shape index (κ1) is 12.4. The Morgan fingerprint density at radius 1 is 1.71 bits per heavy atom. The minimum Gasteiger partial charge on any atom is -0.462 e. The molecule has 0 aliphatic carbocycles. The minimum atomic E-state index is -0.797. The molecule has 0 radical (unpaired) electrons. The molecule has 0 unspecified atom stereocenters. The molecule has 1 heterocycles. The van der Waals surface area contributed by atoms with E-state index in [2.05, 4.69) is 4.74 Å². The molecule has 17 heavy (non-hydrogen) atoms. The number of nitrogens with zero attached hydrogens (tertiary/aromatic N) is 2. The fourth-order valence-electron chi connectivity index (χ4n) is 1.01. The molecule has 0 N–H and O–H groups in total. The zero-order chi connectivity index (χ0) is 12.8. The number of rotatable bonds is 4. The Balaban J connectivity index is 2.95. The lowest BCUT2D eigenvalue weighted by atomic mass is 10.2. The van der Waals surface area contributed by atoms with Crippen LogP contribution in [0, 0.1) is 21.4 Å². The molecule has 0 aliphatic heterocycles. The Bertz CT molecular complexity index is 509. The molecule has 0 amide bonds. The first-order chi connectivity index (χ1) is 8.08. The summed E-state index contributed by atoms with van der Waals surface area (Å²) in [5.41, 5.74) is -0.281. The van der Waals surface area contributed by atoms with Gasteiger partial charge in [-0.25, -0.2) is 4.79 Å². The fourth-order valence-corrected chi connectivity index (χ4v) is 1.01. The Kier molecular flexibility index (Phi) is 4.00. The third-order valence-electron chi connectivity index (χ3n) is 1.69. The van der Waals surface area contributed by atoms with Gasteiger partial charge < -0.3 is 9.15 Å². The third kappa shape index (κ3) is 3.17. The number of hydrogen-bond donors (Lipinski definition) is 0. The van der Waals surface area contributed by atoms with Crippen molar-refractivity contribution in [1.82, 2.24) is 0 Å². The van der Waals surface area contributed by atoms with Gasteiger partial charge in [-0.05, 0) is 13.0 Å². The Morgan fingerprint density at radius 2 is 2.41 bits per heavy atom. The molecule has 0 fully saturated rings. The van der Waals surface area contributed by atoms with E-state index < -0.39 is 16.8 Å². The van der Waals surface area contributed by atoms with Crippen molar-refractivity contribution in [2.45, 2.75) is 6.92 Å². The largest absolute Gasteiger partial charge is 0.462 e. The van der Waals surface area contributed by atoms with Gasteiger partial charge in [-0.1, -0.05) is 0 Å². The lowest BCUT2D eigenvalue weighted by Gasteiger charge is -1.97. The summed E-state index contributed by atoms with van der Waals surface area (Å²) in [5.74, 6) is -1.22. The van der Waals surface area contributed by atoms with Gasteiger partial charge in [-0.15, -0.1) is 0 Å². The van der Waals surface area contributed by atoms with Crippen LogP contribution < -0.4 is 0 Å². The number of furan rings is 1. The maximum absolute atomic E-state index is 11.2. The molecule has 1 aromatic rings. The average Bonchev–Trinajstić information content (AvgIpc) is 2.74. The summed E-state index contributed by atoms with van der Waals surface area (Å²) < 4.78 is 9.39. The highest BCUT2D eigenvalue weighted by Crippen LogP contribution is 2.18. The smallest absolute Gasteiger partial charge is 0.433 e. The van der Waals surface area contributed by atoms with Gasteiger partial charge in [0.1, 0.15) is 22.3 Å². The number of esters is 1. The van der Waals surface area contributed by atoms with Gasteiger partial charge >= 0.3 is 11.9 Å². The second-order valence-electron chi connectivity index (χ2n) is 2.82. The van der Waals surface area contributed by atoms with Gasteiger partial charge in [0.05, 0.1) is 12.7 Å². The number of nitriles is 1. The van der Waals surface area contributed by atoms with Gasteiger partial charge in [0.25, 0.3) is 0 Å². The van der Waals surface area contributed by atoms with Crippen LogP contribution in [-0.2, 0) is 9.53 Å². The summed E-state index contributed by atoms with van der Waals surface area (Å²) in [7, 11) is 0. The number of hydrogen-bond acceptors (Lipinski definition) is 6. The molecular formula is C10H8N2O5. The van der Waals surface area contributed by atoms with E-state index >= 15 is 0 Å². The highest BCUT2D eigenvalue weighted by atomic mass is 16.6. The molecule has 0 atom stereocenters. The predicted molar refractivity (Wildman–Crippen MR) is 55.6 cm³/mol. The van der Waals surface area contributed by atoms with Crippen LogP contribution in [-0.4, -0.2) is 17.5 Å². The maximum Gasteiger partial charge on any atom is 0.433 e. The Morgan fingerprint density at radius 3 is 2.88 bits per heavy atom. The van der Waals surface area contributed by atoms with Gasteiger partial charge in [0.15, 0.2) is 0 Å². The molecule has 0 spiro atoms. The first-order valence-corrected chi connectivity index (χ1v) is 4.61. The minimum absolute atomic E-state index is 0.0429. The van der Waals surface area contributed by atoms with Crippen molar-refractivity contribution in [3.8, 4) is 6.07 Å². The van der Waals surface area contributed by atoms with Crippen molar-refractivity contribution >= 4 is 17.9 Å². The van der Waals surface area contributed by atoms with E-state index in [1.165, 1.54) is 6.07 Å². The third-order valence-corrected chi connectivity index (χ3v) is 1.69. The van der Waals surface area contributed by atoms with Crippen LogP contribution in [0.25, 0.3) is 6.08 Å². The second kappa shape index (κ2) is 5.46. The van der Waals surface area contributed by atoms with E-state index in [4.69, 9.17) is 9.68 Å². The van der Waals surface area contributed by atoms with Crippen LogP contribution >= 0.6 is 0 Å². The number of carbonyl (C=O) groups excluding carboxylic acids is 1. The summed E-state index contributed by atoms with van der Waals surface area (Å²) in [5, 5.41) is 19.0. The molecule has 0 saturated carbocycles. The van der Waals surface area contributed by atoms with Crippen LogP contribution in [0.4, 0.5) is 5.88 Å². The molecule has 1 rings (SSSR count). The average molecular weight is 236 g/mol. The van der Waals surface area contributed by atoms with Gasteiger partial charge in [-0.2, -0.15) is 5.26 Å². The molecule has 0 bridgehead atoms. The highest BCUT2D eigenvalue weighted by molar-refractivity contribution is 5.97. The number of ether oxygens (including phenoxy) is 1. The summed E-state index contributed by atoms with van der Waals surface area (Å²) >= 11 is 0. The van der Waals surface area contributed by atoms with Crippen LogP contribution in [0.15, 0.2) is 22.1 Å². The topological polar surface area (TPSA) is 106 Å². The SMILES string of the molecule is CCOC(=O)C(C#N)=Cc1ccc([N+](=O)[O-])o1. The van der Waals surface area contributed by atoms with Crippen molar-refractivity contribution < 1.29 is 18.9 Å². The molecule has 0 aromatic carbocycles. The van der Waals surface area contributed by atoms with E-state index in [0.29, 0.717) is 0 Å². The Labute approximate surface area is 96.0 Å². The van der Waals surface area contributed by atoms with Crippen LogP contribution in [0.5, 0.6) is 0 Å². The van der Waals surface area contributed by atoms with Gasteiger partial charge in [0.2, 0.25) is 0 Å². The quantitative estimate of drug-likeness (QED) is 0.258. The van der Waals surface area contributed by atoms with Gasteiger partial charge in [0, 0.05) is 6.08 Å². The molecule has 0 saturated heterocycles. The maximum atomic E-state index is 11.2. The van der Waals surface area contributed by atoms with E-state index in [9.17, 15) is 14.9 Å². The molecule has 88 valence electrons. The van der Waals surface area contributed by atoms with Crippen molar-refractivity contribution in [2.75, 3.05) is 6.61 Å². The molecular weight excluding hydrogens is 228 g/mol. The molecule has 7 heteroatoms. The summed E-state index contributed by atoms with van der Waals surface area (Å²) in [6.45, 7) is 1.74. The first-order valence-electron chi connectivity index (χ1n) is 4.61. The number of carbonyl (C=O) groups is 1. The van der Waals surface area contributed by atoms with Gasteiger partial charge in [-0.3, -0.25) is 10.1 Å². The number of nitro groups is 1. The molecule has 0 aliphatic rings. The Hall–Kier alpha value is -2.62. The van der Waals surface area contributed by atoms with Crippen molar-refractivity contribution in [2.24, 2.45) is 0 Å². The summed E-state index contributed by atoms with van der Waals surface area (Å²) in [6, 6.07) is 4.05. The second-order valence-corrected chi connectivity index (χ2v) is 2.82. The van der Waals surface area contributed by atoms with Crippen molar-refractivity contribution in [3.63, 3.8) is 0 Å². The van der Waals surface area contributed by atoms with E-state index in [-0.39, 0.29) is 17.9 Å². The van der Waals surface area contributed by atoms with Crippen LogP contribution in [0.2, 0.25) is 0 Å². The van der Waals surface area contributed by atoms with Crippen molar-refractivity contribution in [1.29, 1.82) is 5.26 Å².